The van der Waals surface area contributed by atoms with Gasteiger partial charge in [-0.3, -0.25) is 9.89 Å². The Balaban J connectivity index is 0.00000364. The number of likely N-dealkylation sites (N-methyl/N-ethyl adjacent to an activating group) is 1. The Morgan fingerprint density at radius 3 is 2.48 bits per heavy atom. The van der Waals surface area contributed by atoms with Gasteiger partial charge < -0.3 is 25.0 Å². The Labute approximate surface area is 182 Å². The Morgan fingerprint density at radius 2 is 1.85 bits per heavy atom. The van der Waals surface area contributed by atoms with Crippen LogP contribution in [0.4, 0.5) is 0 Å². The highest BCUT2D eigenvalue weighted by Gasteiger charge is 2.38. The molecule has 2 fully saturated rings. The zero-order valence-corrected chi connectivity index (χ0v) is 19.8. The quantitative estimate of drug-likeness (QED) is 0.285. The second-order valence-corrected chi connectivity index (χ2v) is 7.53. The topological polar surface area (TPSA) is 61.4 Å². The van der Waals surface area contributed by atoms with Crippen molar-refractivity contribution >= 4 is 29.9 Å². The standard InChI is InChI=1S/C19H39N5O2.HI/c1-20-18(21-9-10-23(2)11-14-25-3)22-17-19(7-5-4-6-8-19)24-12-15-26-16-13-24;/h4-17H2,1-3H3,(H2,20,21,22);1H. The lowest BCUT2D eigenvalue weighted by molar-refractivity contribution is -0.0352. The summed E-state index contributed by atoms with van der Waals surface area (Å²) >= 11 is 0. The fourth-order valence-electron chi connectivity index (χ4n) is 4.05. The third kappa shape index (κ3) is 8.39. The Bertz CT molecular complexity index is 413. The lowest BCUT2D eigenvalue weighted by atomic mass is 9.80. The third-order valence-electron chi connectivity index (χ3n) is 5.74. The summed E-state index contributed by atoms with van der Waals surface area (Å²) in [5.74, 6) is 0.906. The minimum atomic E-state index is 0. The molecule has 0 bridgehead atoms. The molecule has 8 heteroatoms. The van der Waals surface area contributed by atoms with Gasteiger partial charge in [-0.1, -0.05) is 19.3 Å². The molecular formula is C19H40IN5O2. The fourth-order valence-corrected chi connectivity index (χ4v) is 4.05. The van der Waals surface area contributed by atoms with Crippen LogP contribution in [0.25, 0.3) is 0 Å². The van der Waals surface area contributed by atoms with Crippen LogP contribution in [0.3, 0.4) is 0 Å². The van der Waals surface area contributed by atoms with Crippen LogP contribution in [0.15, 0.2) is 4.99 Å². The van der Waals surface area contributed by atoms with E-state index in [0.717, 1.165) is 65.0 Å². The van der Waals surface area contributed by atoms with Gasteiger partial charge in [0.1, 0.15) is 0 Å². The molecule has 160 valence electrons. The number of methoxy groups -OCH3 is 1. The summed E-state index contributed by atoms with van der Waals surface area (Å²) in [5.41, 5.74) is 0.259. The molecule has 2 aliphatic rings. The number of aliphatic imine (C=N–C) groups is 1. The van der Waals surface area contributed by atoms with Crippen LogP contribution in [-0.4, -0.2) is 102 Å². The van der Waals surface area contributed by atoms with Gasteiger partial charge in [0.15, 0.2) is 5.96 Å². The molecule has 1 heterocycles. The first kappa shape index (κ1) is 24.9. The van der Waals surface area contributed by atoms with Gasteiger partial charge >= 0.3 is 0 Å². The lowest BCUT2D eigenvalue weighted by Gasteiger charge is -2.48. The second kappa shape index (κ2) is 13.9. The summed E-state index contributed by atoms with van der Waals surface area (Å²) in [5, 5.41) is 7.06. The molecule has 0 aromatic rings. The average molecular weight is 497 g/mol. The first-order valence-electron chi connectivity index (χ1n) is 10.1. The summed E-state index contributed by atoms with van der Waals surface area (Å²) in [6, 6.07) is 0. The smallest absolute Gasteiger partial charge is 0.191 e. The monoisotopic (exact) mass is 497 g/mol. The highest BCUT2D eigenvalue weighted by molar-refractivity contribution is 14.0. The van der Waals surface area contributed by atoms with Gasteiger partial charge in [0.05, 0.1) is 19.8 Å². The highest BCUT2D eigenvalue weighted by atomic mass is 127. The number of hydrogen-bond acceptors (Lipinski definition) is 5. The Morgan fingerprint density at radius 1 is 1.15 bits per heavy atom. The van der Waals surface area contributed by atoms with Gasteiger partial charge in [-0.25, -0.2) is 0 Å². The molecule has 2 rings (SSSR count). The van der Waals surface area contributed by atoms with Crippen molar-refractivity contribution in [2.24, 2.45) is 4.99 Å². The number of rotatable bonds is 9. The van der Waals surface area contributed by atoms with Crippen molar-refractivity contribution in [3.63, 3.8) is 0 Å². The number of halogens is 1. The second-order valence-electron chi connectivity index (χ2n) is 7.53. The molecule has 0 spiro atoms. The van der Waals surface area contributed by atoms with E-state index in [1.54, 1.807) is 7.11 Å². The summed E-state index contributed by atoms with van der Waals surface area (Å²) < 4.78 is 10.7. The maximum absolute atomic E-state index is 5.57. The van der Waals surface area contributed by atoms with Crippen molar-refractivity contribution in [2.45, 2.75) is 37.6 Å². The minimum Gasteiger partial charge on any atom is -0.383 e. The highest BCUT2D eigenvalue weighted by Crippen LogP contribution is 2.33. The van der Waals surface area contributed by atoms with Crippen LogP contribution < -0.4 is 10.6 Å². The van der Waals surface area contributed by atoms with E-state index in [0.29, 0.717) is 0 Å². The zero-order valence-electron chi connectivity index (χ0n) is 17.5. The summed E-state index contributed by atoms with van der Waals surface area (Å²) in [6.45, 7) is 8.37. The number of morpholine rings is 1. The number of nitrogens with one attached hydrogen (secondary N) is 2. The van der Waals surface area contributed by atoms with Crippen LogP contribution in [0, 0.1) is 0 Å². The van der Waals surface area contributed by atoms with E-state index in [2.05, 4.69) is 32.5 Å². The zero-order chi connectivity index (χ0) is 18.7. The molecule has 1 aliphatic heterocycles. The number of hydrogen-bond donors (Lipinski definition) is 2. The van der Waals surface area contributed by atoms with Crippen LogP contribution in [0.2, 0.25) is 0 Å². The van der Waals surface area contributed by atoms with Gasteiger partial charge in [0, 0.05) is 59.0 Å². The van der Waals surface area contributed by atoms with E-state index in [-0.39, 0.29) is 29.5 Å². The number of nitrogens with zero attached hydrogens (tertiary/aromatic N) is 3. The molecule has 0 amide bonds. The molecular weight excluding hydrogens is 457 g/mol. The largest absolute Gasteiger partial charge is 0.383 e. The number of guanidine groups is 1. The summed E-state index contributed by atoms with van der Waals surface area (Å²) in [6.07, 6.45) is 6.57. The maximum Gasteiger partial charge on any atom is 0.191 e. The van der Waals surface area contributed by atoms with Crippen LogP contribution in [0.5, 0.6) is 0 Å². The normalized spacial score (nSPS) is 21.0. The molecule has 0 atom stereocenters. The van der Waals surface area contributed by atoms with Crippen LogP contribution in [-0.2, 0) is 9.47 Å². The van der Waals surface area contributed by atoms with Crippen LogP contribution in [0.1, 0.15) is 32.1 Å². The average Bonchev–Trinajstić information content (AvgIpc) is 2.70. The predicted octanol–water partition coefficient (Wildman–Crippen LogP) is 1.38. The van der Waals surface area contributed by atoms with Crippen molar-refractivity contribution in [3.8, 4) is 0 Å². The van der Waals surface area contributed by atoms with Crippen molar-refractivity contribution in [1.82, 2.24) is 20.4 Å². The lowest BCUT2D eigenvalue weighted by Crippen LogP contribution is -2.60. The Kier molecular flexibility index (Phi) is 12.8. The molecule has 1 saturated heterocycles. The molecule has 0 unspecified atom stereocenters. The summed E-state index contributed by atoms with van der Waals surface area (Å²) in [4.78, 5) is 9.34. The molecule has 1 saturated carbocycles. The fraction of sp³-hybridized carbons (Fsp3) is 0.947. The van der Waals surface area contributed by atoms with Gasteiger partial charge in [-0.05, 0) is 19.9 Å². The molecule has 2 N–H and O–H groups in total. The molecule has 27 heavy (non-hydrogen) atoms. The number of ether oxygens (including phenoxy) is 2. The first-order chi connectivity index (χ1) is 12.7. The third-order valence-corrected chi connectivity index (χ3v) is 5.74. The van der Waals surface area contributed by atoms with E-state index >= 15 is 0 Å². The van der Waals surface area contributed by atoms with Gasteiger partial charge in [-0.15, -0.1) is 24.0 Å². The van der Waals surface area contributed by atoms with Crippen LogP contribution >= 0.6 is 24.0 Å². The summed E-state index contributed by atoms with van der Waals surface area (Å²) in [7, 11) is 5.71. The molecule has 1 aliphatic carbocycles. The van der Waals surface area contributed by atoms with Crippen molar-refractivity contribution in [3.05, 3.63) is 0 Å². The molecule has 7 nitrogen and oxygen atoms in total. The van der Waals surface area contributed by atoms with Gasteiger partial charge in [-0.2, -0.15) is 0 Å². The molecule has 0 radical (unpaired) electrons. The van der Waals surface area contributed by atoms with Crippen molar-refractivity contribution in [1.29, 1.82) is 0 Å². The van der Waals surface area contributed by atoms with E-state index < -0.39 is 0 Å². The predicted molar refractivity (Wildman–Crippen MR) is 122 cm³/mol. The van der Waals surface area contributed by atoms with E-state index in [1.807, 2.05) is 7.05 Å². The van der Waals surface area contributed by atoms with E-state index in [1.165, 1.54) is 32.1 Å². The molecule has 0 aromatic carbocycles. The van der Waals surface area contributed by atoms with Crippen molar-refractivity contribution in [2.75, 3.05) is 80.3 Å². The van der Waals surface area contributed by atoms with Gasteiger partial charge in [0.2, 0.25) is 0 Å². The maximum atomic E-state index is 5.57. The van der Waals surface area contributed by atoms with Gasteiger partial charge in [0.25, 0.3) is 0 Å². The minimum absolute atomic E-state index is 0. The first-order valence-corrected chi connectivity index (χ1v) is 10.1. The van der Waals surface area contributed by atoms with Crippen molar-refractivity contribution < 1.29 is 9.47 Å². The molecule has 0 aromatic heterocycles. The van der Waals surface area contributed by atoms with E-state index in [4.69, 9.17) is 9.47 Å². The SMILES string of the molecule is CN=C(NCCN(C)CCOC)NCC1(N2CCOCC2)CCCCC1.I. The Hall–Kier alpha value is -0.160. The van der Waals surface area contributed by atoms with E-state index in [9.17, 15) is 0 Å².